The number of rotatable bonds is 3. The minimum atomic E-state index is -0.308. The van der Waals surface area contributed by atoms with Crippen molar-refractivity contribution in [2.75, 3.05) is 19.8 Å². The quantitative estimate of drug-likeness (QED) is 0.921. The molecule has 4 heteroatoms. The first-order chi connectivity index (χ1) is 8.88. The fraction of sp³-hybridized carbons (Fsp3) is 0.600. The third kappa shape index (κ3) is 2.61. The van der Waals surface area contributed by atoms with E-state index in [0.717, 1.165) is 27.1 Å². The zero-order valence-electron chi connectivity index (χ0n) is 11.9. The highest BCUT2D eigenvalue weighted by atomic mass is 79.9. The van der Waals surface area contributed by atoms with Crippen LogP contribution in [0.15, 0.2) is 10.5 Å². The van der Waals surface area contributed by atoms with E-state index < -0.39 is 0 Å². The van der Waals surface area contributed by atoms with E-state index in [1.807, 2.05) is 13.8 Å². The number of fused-ring (bicyclic) bond motifs is 1. The Bertz CT molecular complexity index is 481. The number of halogens is 1. The molecule has 0 fully saturated rings. The molecule has 0 saturated heterocycles. The zero-order valence-corrected chi connectivity index (χ0v) is 13.5. The topological polar surface area (TPSA) is 38.7 Å². The summed E-state index contributed by atoms with van der Waals surface area (Å²) in [5.41, 5.74) is 1.94. The van der Waals surface area contributed by atoms with Gasteiger partial charge in [-0.2, -0.15) is 0 Å². The Balaban J connectivity index is 2.70. The van der Waals surface area contributed by atoms with Crippen LogP contribution >= 0.6 is 15.9 Å². The summed E-state index contributed by atoms with van der Waals surface area (Å²) in [5, 5.41) is 9.66. The highest BCUT2D eigenvalue weighted by Crippen LogP contribution is 2.47. The van der Waals surface area contributed by atoms with Crippen molar-refractivity contribution in [1.29, 1.82) is 0 Å². The molecule has 1 aliphatic rings. The summed E-state index contributed by atoms with van der Waals surface area (Å²) in [7, 11) is 0. The number of aliphatic hydroxyl groups excluding tert-OH is 1. The van der Waals surface area contributed by atoms with Gasteiger partial charge in [-0.3, -0.25) is 0 Å². The number of ether oxygens (including phenoxy) is 2. The number of benzene rings is 1. The van der Waals surface area contributed by atoms with E-state index in [-0.39, 0.29) is 12.0 Å². The van der Waals surface area contributed by atoms with E-state index in [9.17, 15) is 5.11 Å². The van der Waals surface area contributed by atoms with Crippen molar-refractivity contribution < 1.29 is 14.6 Å². The van der Waals surface area contributed by atoms with Crippen LogP contribution in [0, 0.1) is 0 Å². The smallest absolute Gasteiger partial charge is 0.175 e. The Kier molecular flexibility index (Phi) is 4.11. The molecule has 0 bridgehead atoms. The van der Waals surface area contributed by atoms with Gasteiger partial charge in [0.25, 0.3) is 0 Å². The van der Waals surface area contributed by atoms with E-state index in [4.69, 9.17) is 9.47 Å². The lowest BCUT2D eigenvalue weighted by Crippen LogP contribution is -2.26. The van der Waals surface area contributed by atoms with Crippen LogP contribution in [0.2, 0.25) is 0 Å². The lowest BCUT2D eigenvalue weighted by Gasteiger charge is -2.32. The summed E-state index contributed by atoms with van der Waals surface area (Å²) in [5.74, 6) is 1.92. The summed E-state index contributed by atoms with van der Waals surface area (Å²) in [6.45, 7) is 9.59. The molecule has 1 heterocycles. The van der Waals surface area contributed by atoms with E-state index in [1.54, 1.807) is 0 Å². The number of hydrogen-bond donors (Lipinski definition) is 1. The molecule has 1 aliphatic heterocycles. The summed E-state index contributed by atoms with van der Waals surface area (Å²) in [6, 6.07) is 2.05. The van der Waals surface area contributed by atoms with Gasteiger partial charge >= 0.3 is 0 Å². The highest BCUT2D eigenvalue weighted by molar-refractivity contribution is 9.10. The molecule has 19 heavy (non-hydrogen) atoms. The van der Waals surface area contributed by atoms with Gasteiger partial charge in [0.05, 0.1) is 11.1 Å². The molecule has 2 rings (SSSR count). The Hall–Kier alpha value is -0.740. The Morgan fingerprint density at radius 1 is 1.26 bits per heavy atom. The number of aliphatic hydroxyl groups is 1. The van der Waals surface area contributed by atoms with Gasteiger partial charge in [0, 0.05) is 11.0 Å². The molecule has 0 saturated carbocycles. The van der Waals surface area contributed by atoms with Crippen molar-refractivity contribution in [3.05, 3.63) is 21.7 Å². The Morgan fingerprint density at radius 2 is 1.84 bits per heavy atom. The monoisotopic (exact) mass is 328 g/mol. The lowest BCUT2D eigenvalue weighted by molar-refractivity contribution is 0.166. The number of hydrogen-bond acceptors (Lipinski definition) is 3. The average molecular weight is 329 g/mol. The minimum absolute atomic E-state index is 0.0960. The predicted octanol–water partition coefficient (Wildman–Crippen LogP) is 3.61. The minimum Gasteiger partial charge on any atom is -0.486 e. The van der Waals surface area contributed by atoms with Gasteiger partial charge in [-0.25, -0.2) is 0 Å². The summed E-state index contributed by atoms with van der Waals surface area (Å²) in [6.07, 6.45) is 0. The van der Waals surface area contributed by atoms with Gasteiger partial charge in [0.2, 0.25) is 0 Å². The van der Waals surface area contributed by atoms with Gasteiger partial charge in [-0.1, -0.05) is 27.7 Å². The molecule has 3 nitrogen and oxygen atoms in total. The normalized spacial score (nSPS) is 14.9. The maximum atomic E-state index is 9.66. The van der Waals surface area contributed by atoms with Crippen LogP contribution in [0.4, 0.5) is 0 Å². The van der Waals surface area contributed by atoms with Crippen LogP contribution in [0.25, 0.3) is 0 Å². The van der Waals surface area contributed by atoms with Crippen LogP contribution in [0.1, 0.15) is 44.7 Å². The van der Waals surface area contributed by atoms with Crippen molar-refractivity contribution in [1.82, 2.24) is 0 Å². The van der Waals surface area contributed by atoms with Gasteiger partial charge in [0.1, 0.15) is 13.2 Å². The van der Waals surface area contributed by atoms with Gasteiger partial charge < -0.3 is 14.6 Å². The fourth-order valence-electron chi connectivity index (χ4n) is 2.41. The van der Waals surface area contributed by atoms with E-state index in [2.05, 4.69) is 35.8 Å². The van der Waals surface area contributed by atoms with Gasteiger partial charge in [-0.05, 0) is 33.5 Å². The van der Waals surface area contributed by atoms with Crippen LogP contribution in [0.3, 0.4) is 0 Å². The standard InChI is InChI=1S/C15H21BrO3/c1-9(2)12-10(15(3,4)8-17)7-11(16)13-14(12)19-6-5-18-13/h7,9,17H,5-6,8H2,1-4H3. The fourth-order valence-corrected chi connectivity index (χ4v) is 2.93. The van der Waals surface area contributed by atoms with Crippen molar-refractivity contribution >= 4 is 15.9 Å². The highest BCUT2D eigenvalue weighted by Gasteiger charge is 2.31. The zero-order chi connectivity index (χ0) is 14.2. The lowest BCUT2D eigenvalue weighted by atomic mass is 9.79. The SMILES string of the molecule is CC(C)c1c(C(C)(C)CO)cc(Br)c2c1OCCO2. The molecule has 0 amide bonds. The molecular formula is C15H21BrO3. The van der Waals surface area contributed by atoms with Crippen LogP contribution < -0.4 is 9.47 Å². The first-order valence-corrected chi connectivity index (χ1v) is 7.41. The molecule has 0 aromatic heterocycles. The molecule has 0 radical (unpaired) electrons. The predicted molar refractivity (Wildman–Crippen MR) is 79.3 cm³/mol. The molecule has 1 N–H and O–H groups in total. The maximum Gasteiger partial charge on any atom is 0.175 e. The van der Waals surface area contributed by atoms with Crippen molar-refractivity contribution in [3.8, 4) is 11.5 Å². The maximum absolute atomic E-state index is 9.66. The van der Waals surface area contributed by atoms with Crippen LogP contribution in [-0.2, 0) is 5.41 Å². The summed E-state index contributed by atoms with van der Waals surface area (Å²) in [4.78, 5) is 0. The third-order valence-corrected chi connectivity index (χ3v) is 4.10. The van der Waals surface area contributed by atoms with Crippen molar-refractivity contribution in [2.24, 2.45) is 0 Å². The largest absolute Gasteiger partial charge is 0.486 e. The van der Waals surface area contributed by atoms with Crippen LogP contribution in [0.5, 0.6) is 11.5 Å². The van der Waals surface area contributed by atoms with Crippen molar-refractivity contribution in [2.45, 2.75) is 39.0 Å². The van der Waals surface area contributed by atoms with E-state index >= 15 is 0 Å². The second kappa shape index (κ2) is 5.33. The molecule has 0 atom stereocenters. The first kappa shape index (κ1) is 14.7. The van der Waals surface area contributed by atoms with E-state index in [0.29, 0.717) is 19.1 Å². The molecular weight excluding hydrogens is 308 g/mol. The third-order valence-electron chi connectivity index (χ3n) is 3.51. The average Bonchev–Trinajstić information content (AvgIpc) is 2.38. The van der Waals surface area contributed by atoms with Crippen molar-refractivity contribution in [3.63, 3.8) is 0 Å². The second-order valence-corrected chi connectivity index (χ2v) is 6.73. The Labute approximate surface area is 123 Å². The molecule has 0 aliphatic carbocycles. The summed E-state index contributed by atoms with van der Waals surface area (Å²) >= 11 is 3.55. The van der Waals surface area contributed by atoms with Gasteiger partial charge in [-0.15, -0.1) is 0 Å². The molecule has 0 unspecified atom stereocenters. The van der Waals surface area contributed by atoms with Gasteiger partial charge in [0.15, 0.2) is 11.5 Å². The second-order valence-electron chi connectivity index (χ2n) is 5.87. The molecule has 1 aromatic carbocycles. The van der Waals surface area contributed by atoms with E-state index in [1.165, 1.54) is 0 Å². The van der Waals surface area contributed by atoms with Crippen LogP contribution in [-0.4, -0.2) is 24.9 Å². The summed E-state index contributed by atoms with van der Waals surface area (Å²) < 4.78 is 12.4. The molecule has 1 aromatic rings. The Morgan fingerprint density at radius 3 is 2.37 bits per heavy atom. The molecule has 106 valence electrons. The molecule has 0 spiro atoms. The first-order valence-electron chi connectivity index (χ1n) is 6.62.